The molecule has 0 bridgehead atoms. The molecule has 0 unspecified atom stereocenters. The number of hydrogen-bond acceptors (Lipinski definition) is 1. The fourth-order valence-corrected chi connectivity index (χ4v) is 0.900. The summed E-state index contributed by atoms with van der Waals surface area (Å²) in [6.07, 6.45) is 0. The van der Waals surface area contributed by atoms with E-state index in [9.17, 15) is 0 Å². The highest BCUT2D eigenvalue weighted by Crippen LogP contribution is 2.18. The van der Waals surface area contributed by atoms with Crippen molar-refractivity contribution in [1.29, 1.82) is 0 Å². The van der Waals surface area contributed by atoms with E-state index in [1.165, 1.54) is 19.6 Å². The number of rotatable bonds is 1. The van der Waals surface area contributed by atoms with Crippen LogP contribution in [0.5, 0.6) is 0 Å². The second-order valence-electron chi connectivity index (χ2n) is 3.84. The van der Waals surface area contributed by atoms with E-state index in [-0.39, 0.29) is 0 Å². The third-order valence-electron chi connectivity index (χ3n) is 1.24. The molecule has 1 fully saturated rings. The van der Waals surface area contributed by atoms with Crippen molar-refractivity contribution in [3.63, 3.8) is 0 Å². The van der Waals surface area contributed by atoms with Crippen molar-refractivity contribution in [2.24, 2.45) is 5.41 Å². The second kappa shape index (κ2) is 1.73. The van der Waals surface area contributed by atoms with E-state index in [0.29, 0.717) is 5.41 Å². The average Bonchev–Trinajstić information content (AvgIpc) is 2.12. The molecule has 0 aliphatic carbocycles. The van der Waals surface area contributed by atoms with Gasteiger partial charge in [-0.1, -0.05) is 20.8 Å². The maximum Gasteiger partial charge on any atom is 0.0110 e. The normalized spacial score (nSPS) is 21.4. The minimum absolute atomic E-state index is 0.510. The van der Waals surface area contributed by atoms with E-state index in [0.717, 1.165) is 0 Å². The van der Waals surface area contributed by atoms with E-state index < -0.39 is 0 Å². The van der Waals surface area contributed by atoms with Crippen LogP contribution >= 0.6 is 0 Å². The van der Waals surface area contributed by atoms with Gasteiger partial charge in [-0.15, -0.1) is 0 Å². The highest BCUT2D eigenvalue weighted by atomic mass is 15.3. The smallest absolute Gasteiger partial charge is 0.0110 e. The van der Waals surface area contributed by atoms with Gasteiger partial charge in [-0.05, 0) is 5.41 Å². The minimum atomic E-state index is 0.510. The lowest BCUT2D eigenvalue weighted by atomic mass is 9.97. The van der Waals surface area contributed by atoms with Gasteiger partial charge in [0.15, 0.2) is 0 Å². The van der Waals surface area contributed by atoms with Gasteiger partial charge in [0.25, 0.3) is 0 Å². The molecule has 1 nitrogen and oxygen atoms in total. The van der Waals surface area contributed by atoms with Gasteiger partial charge in [0.2, 0.25) is 0 Å². The molecule has 1 rings (SSSR count). The van der Waals surface area contributed by atoms with Crippen LogP contribution in [0, 0.1) is 5.41 Å². The third-order valence-corrected chi connectivity index (χ3v) is 1.24. The standard InChI is InChI=1S/C7H15N/c1-7(2,3)6-8-4-5-8/h4-6H2,1-3H3. The average molecular weight is 113 g/mol. The van der Waals surface area contributed by atoms with Crippen LogP contribution in [0.15, 0.2) is 0 Å². The summed E-state index contributed by atoms with van der Waals surface area (Å²) in [5.41, 5.74) is 0.510. The van der Waals surface area contributed by atoms with Gasteiger partial charge in [-0.2, -0.15) is 0 Å². The van der Waals surface area contributed by atoms with Crippen LogP contribution in [0.4, 0.5) is 0 Å². The van der Waals surface area contributed by atoms with Crippen LogP contribution in [-0.4, -0.2) is 24.5 Å². The lowest BCUT2D eigenvalue weighted by molar-refractivity contribution is 0.323. The highest BCUT2D eigenvalue weighted by molar-refractivity contribution is 4.77. The molecule has 0 atom stereocenters. The minimum Gasteiger partial charge on any atom is -0.300 e. The Morgan fingerprint density at radius 3 is 1.88 bits per heavy atom. The zero-order valence-electron chi connectivity index (χ0n) is 6.07. The Balaban J connectivity index is 2.16. The first kappa shape index (κ1) is 6.09. The molecule has 0 aromatic carbocycles. The van der Waals surface area contributed by atoms with Crippen molar-refractivity contribution >= 4 is 0 Å². The molecular formula is C7H15N. The quantitative estimate of drug-likeness (QED) is 0.464. The fourth-order valence-electron chi connectivity index (χ4n) is 0.900. The Bertz CT molecular complexity index is 76.9. The van der Waals surface area contributed by atoms with Crippen LogP contribution in [-0.2, 0) is 0 Å². The van der Waals surface area contributed by atoms with Gasteiger partial charge in [-0.25, -0.2) is 0 Å². The SMILES string of the molecule is CC(C)(C)CN1CC1. The zero-order chi connectivity index (χ0) is 6.20. The summed E-state index contributed by atoms with van der Waals surface area (Å²) in [6, 6.07) is 0. The van der Waals surface area contributed by atoms with Gasteiger partial charge in [0, 0.05) is 19.6 Å². The molecule has 0 amide bonds. The van der Waals surface area contributed by atoms with Crippen molar-refractivity contribution in [3.8, 4) is 0 Å². The molecule has 1 aliphatic rings. The third kappa shape index (κ3) is 2.31. The van der Waals surface area contributed by atoms with E-state index in [2.05, 4.69) is 25.7 Å². The van der Waals surface area contributed by atoms with Crippen LogP contribution < -0.4 is 0 Å². The highest BCUT2D eigenvalue weighted by Gasteiger charge is 2.23. The van der Waals surface area contributed by atoms with Crippen LogP contribution in [0.2, 0.25) is 0 Å². The van der Waals surface area contributed by atoms with Gasteiger partial charge < -0.3 is 4.90 Å². The Morgan fingerprint density at radius 1 is 1.25 bits per heavy atom. The van der Waals surface area contributed by atoms with Crippen molar-refractivity contribution in [2.45, 2.75) is 20.8 Å². The summed E-state index contributed by atoms with van der Waals surface area (Å²) < 4.78 is 0. The molecule has 48 valence electrons. The monoisotopic (exact) mass is 113 g/mol. The maximum absolute atomic E-state index is 2.46. The molecular weight excluding hydrogens is 98.1 g/mol. The molecule has 1 aliphatic heterocycles. The largest absolute Gasteiger partial charge is 0.300 e. The van der Waals surface area contributed by atoms with Crippen LogP contribution in [0.3, 0.4) is 0 Å². The Morgan fingerprint density at radius 2 is 1.75 bits per heavy atom. The van der Waals surface area contributed by atoms with Crippen molar-refractivity contribution in [2.75, 3.05) is 19.6 Å². The van der Waals surface area contributed by atoms with E-state index in [1.807, 2.05) is 0 Å². The molecule has 1 heterocycles. The summed E-state index contributed by atoms with van der Waals surface area (Å²) in [6.45, 7) is 10.8. The summed E-state index contributed by atoms with van der Waals surface area (Å²) >= 11 is 0. The van der Waals surface area contributed by atoms with Gasteiger partial charge in [0.05, 0.1) is 0 Å². The molecule has 1 heteroatoms. The van der Waals surface area contributed by atoms with Crippen molar-refractivity contribution in [3.05, 3.63) is 0 Å². The van der Waals surface area contributed by atoms with E-state index in [4.69, 9.17) is 0 Å². The maximum atomic E-state index is 2.46. The van der Waals surface area contributed by atoms with Crippen molar-refractivity contribution < 1.29 is 0 Å². The predicted molar refractivity (Wildman–Crippen MR) is 35.9 cm³/mol. The van der Waals surface area contributed by atoms with Crippen LogP contribution in [0.25, 0.3) is 0 Å². The van der Waals surface area contributed by atoms with Crippen LogP contribution in [0.1, 0.15) is 20.8 Å². The summed E-state index contributed by atoms with van der Waals surface area (Å²) in [5.74, 6) is 0. The molecule has 0 radical (unpaired) electrons. The van der Waals surface area contributed by atoms with Gasteiger partial charge in [0.1, 0.15) is 0 Å². The lowest BCUT2D eigenvalue weighted by Crippen LogP contribution is -2.18. The Labute approximate surface area is 51.7 Å². The van der Waals surface area contributed by atoms with Crippen molar-refractivity contribution in [1.82, 2.24) is 4.90 Å². The summed E-state index contributed by atoms with van der Waals surface area (Å²) in [4.78, 5) is 2.46. The first-order valence-corrected chi connectivity index (χ1v) is 3.30. The van der Waals surface area contributed by atoms with Gasteiger partial charge >= 0.3 is 0 Å². The van der Waals surface area contributed by atoms with E-state index in [1.54, 1.807) is 0 Å². The molecule has 8 heavy (non-hydrogen) atoms. The Kier molecular flexibility index (Phi) is 1.31. The molecule has 0 saturated carbocycles. The molecule has 0 spiro atoms. The Hall–Kier alpha value is -0.0400. The first-order valence-electron chi connectivity index (χ1n) is 3.30. The zero-order valence-corrected chi connectivity index (χ0v) is 6.07. The summed E-state index contributed by atoms with van der Waals surface area (Å²) in [7, 11) is 0. The predicted octanol–water partition coefficient (Wildman–Crippen LogP) is 1.35. The number of nitrogens with zero attached hydrogens (tertiary/aromatic N) is 1. The number of hydrogen-bond donors (Lipinski definition) is 0. The topological polar surface area (TPSA) is 3.01 Å². The fraction of sp³-hybridized carbons (Fsp3) is 1.00. The molecule has 0 aromatic heterocycles. The van der Waals surface area contributed by atoms with Gasteiger partial charge in [-0.3, -0.25) is 0 Å². The molecule has 0 N–H and O–H groups in total. The summed E-state index contributed by atoms with van der Waals surface area (Å²) in [5, 5.41) is 0. The van der Waals surface area contributed by atoms with E-state index >= 15 is 0 Å². The second-order valence-corrected chi connectivity index (χ2v) is 3.84. The molecule has 1 saturated heterocycles. The lowest BCUT2D eigenvalue weighted by Gasteiger charge is -2.17. The molecule has 0 aromatic rings. The first-order chi connectivity index (χ1) is 3.58.